The fraction of sp³-hybridized carbons (Fsp3) is 0.286. The molecule has 2 heterocycles. The number of aromatic nitrogens is 3. The van der Waals surface area contributed by atoms with Crippen molar-refractivity contribution in [3.8, 4) is 11.3 Å². The molecule has 0 unspecified atom stereocenters. The van der Waals surface area contributed by atoms with E-state index < -0.39 is 0 Å². The third kappa shape index (κ3) is 4.17. The van der Waals surface area contributed by atoms with Crippen LogP contribution in [-0.4, -0.2) is 20.8 Å². The molecule has 2 amide bonds. The number of nitrogens with one attached hydrogen (secondary N) is 2. The summed E-state index contributed by atoms with van der Waals surface area (Å²) in [5.74, 6) is 0. The lowest BCUT2D eigenvalue weighted by molar-refractivity contribution is 0.251. The van der Waals surface area contributed by atoms with Crippen LogP contribution in [-0.2, 0) is 6.54 Å². The summed E-state index contributed by atoms with van der Waals surface area (Å²) in [5.41, 5.74) is 3.56. The maximum absolute atomic E-state index is 12.2. The van der Waals surface area contributed by atoms with Gasteiger partial charge in [0.25, 0.3) is 0 Å². The lowest BCUT2D eigenvalue weighted by atomic mass is 10.1. The molecule has 1 fully saturated rings. The van der Waals surface area contributed by atoms with Gasteiger partial charge in [0.2, 0.25) is 0 Å². The summed E-state index contributed by atoms with van der Waals surface area (Å²) in [5, 5.41) is 10.9. The highest BCUT2D eigenvalue weighted by molar-refractivity contribution is 6.33. The Morgan fingerprint density at radius 3 is 2.64 bits per heavy atom. The van der Waals surface area contributed by atoms with Crippen molar-refractivity contribution >= 4 is 23.3 Å². The van der Waals surface area contributed by atoms with Gasteiger partial charge in [0.15, 0.2) is 0 Å². The third-order valence-corrected chi connectivity index (χ3v) is 5.31. The molecule has 2 aromatic heterocycles. The van der Waals surface area contributed by atoms with Crippen LogP contribution in [0.15, 0.2) is 54.9 Å². The van der Waals surface area contributed by atoms with Gasteiger partial charge in [-0.2, -0.15) is 5.10 Å². The monoisotopic (exact) mass is 395 g/mol. The first-order valence-electron chi connectivity index (χ1n) is 9.49. The highest BCUT2D eigenvalue weighted by atomic mass is 35.5. The van der Waals surface area contributed by atoms with E-state index in [0.29, 0.717) is 23.3 Å². The number of benzene rings is 1. The fourth-order valence-electron chi connectivity index (χ4n) is 3.60. The van der Waals surface area contributed by atoms with Crippen molar-refractivity contribution in [3.05, 3.63) is 65.6 Å². The Morgan fingerprint density at radius 2 is 1.89 bits per heavy atom. The standard InChI is InChI=1S/C21H22ClN5O/c22-18-7-3-4-8-19(18)25-21(28)24-14-16-13-20(15-9-11-23-12-10-15)27(26-16)17-5-1-2-6-17/h3-4,7-13,17H,1-2,5-6,14H2,(H2,24,25,28). The average Bonchev–Trinajstić information content (AvgIpc) is 3.38. The van der Waals surface area contributed by atoms with E-state index in [1.807, 2.05) is 30.3 Å². The van der Waals surface area contributed by atoms with Crippen LogP contribution >= 0.6 is 11.6 Å². The number of amides is 2. The van der Waals surface area contributed by atoms with Gasteiger partial charge in [-0.25, -0.2) is 4.79 Å². The van der Waals surface area contributed by atoms with Gasteiger partial charge in [0.1, 0.15) is 0 Å². The van der Waals surface area contributed by atoms with Crippen molar-refractivity contribution in [1.82, 2.24) is 20.1 Å². The first-order chi connectivity index (χ1) is 13.7. The summed E-state index contributed by atoms with van der Waals surface area (Å²) < 4.78 is 2.12. The van der Waals surface area contributed by atoms with Crippen LogP contribution in [0.3, 0.4) is 0 Å². The number of halogens is 1. The third-order valence-electron chi connectivity index (χ3n) is 4.99. The van der Waals surface area contributed by atoms with Crippen LogP contribution in [0.5, 0.6) is 0 Å². The second kappa shape index (κ2) is 8.44. The summed E-state index contributed by atoms with van der Waals surface area (Å²) in [6.45, 7) is 0.341. The minimum absolute atomic E-state index is 0.311. The molecule has 1 aliphatic rings. The van der Waals surface area contributed by atoms with E-state index in [4.69, 9.17) is 16.7 Å². The molecule has 0 atom stereocenters. The molecule has 0 radical (unpaired) electrons. The Balaban J connectivity index is 1.49. The van der Waals surface area contributed by atoms with Crippen molar-refractivity contribution in [1.29, 1.82) is 0 Å². The first-order valence-corrected chi connectivity index (χ1v) is 9.87. The molecule has 4 rings (SSSR count). The number of carbonyl (C=O) groups is 1. The highest BCUT2D eigenvalue weighted by Gasteiger charge is 2.22. The van der Waals surface area contributed by atoms with Gasteiger partial charge in [-0.1, -0.05) is 36.6 Å². The van der Waals surface area contributed by atoms with E-state index in [1.54, 1.807) is 24.5 Å². The Kier molecular flexibility index (Phi) is 5.58. The maximum Gasteiger partial charge on any atom is 0.319 e. The average molecular weight is 396 g/mol. The minimum atomic E-state index is -0.311. The predicted octanol–water partition coefficient (Wildman–Crippen LogP) is 5.04. The smallest absolute Gasteiger partial charge is 0.319 e. The zero-order valence-corrected chi connectivity index (χ0v) is 16.2. The lowest BCUT2D eigenvalue weighted by Gasteiger charge is -2.14. The molecule has 2 N–H and O–H groups in total. The van der Waals surface area contributed by atoms with Crippen molar-refractivity contribution in [2.75, 3.05) is 5.32 Å². The highest BCUT2D eigenvalue weighted by Crippen LogP contribution is 2.33. The second-order valence-electron chi connectivity index (χ2n) is 6.93. The Bertz CT molecular complexity index is 950. The molecule has 7 heteroatoms. The number of para-hydroxylation sites is 1. The molecule has 0 spiro atoms. The number of rotatable bonds is 5. The van der Waals surface area contributed by atoms with Crippen molar-refractivity contribution < 1.29 is 4.79 Å². The molecule has 6 nitrogen and oxygen atoms in total. The Hall–Kier alpha value is -2.86. The fourth-order valence-corrected chi connectivity index (χ4v) is 3.78. The largest absolute Gasteiger partial charge is 0.332 e. The second-order valence-corrected chi connectivity index (χ2v) is 7.33. The van der Waals surface area contributed by atoms with E-state index in [0.717, 1.165) is 29.8 Å². The molecule has 1 saturated carbocycles. The molecule has 1 aliphatic carbocycles. The normalized spacial score (nSPS) is 14.2. The van der Waals surface area contributed by atoms with Crippen LogP contribution in [0.4, 0.5) is 10.5 Å². The van der Waals surface area contributed by atoms with Gasteiger partial charge >= 0.3 is 6.03 Å². The van der Waals surface area contributed by atoms with Gasteiger partial charge in [0, 0.05) is 18.0 Å². The molecule has 0 bridgehead atoms. The van der Waals surface area contributed by atoms with E-state index in [-0.39, 0.29) is 6.03 Å². The van der Waals surface area contributed by atoms with Crippen molar-refractivity contribution in [3.63, 3.8) is 0 Å². The molecular formula is C21H22ClN5O. The van der Waals surface area contributed by atoms with E-state index in [1.165, 1.54) is 12.8 Å². The summed E-state index contributed by atoms with van der Waals surface area (Å²) in [7, 11) is 0. The van der Waals surface area contributed by atoms with Crippen molar-refractivity contribution in [2.45, 2.75) is 38.3 Å². The van der Waals surface area contributed by atoms with Crippen molar-refractivity contribution in [2.24, 2.45) is 0 Å². The Labute approximate surface area is 168 Å². The summed E-state index contributed by atoms with van der Waals surface area (Å²) >= 11 is 6.09. The van der Waals surface area contributed by atoms with Crippen LogP contribution < -0.4 is 10.6 Å². The zero-order chi connectivity index (χ0) is 19.3. The SMILES string of the molecule is O=C(NCc1cc(-c2ccncc2)n(C2CCCC2)n1)Nc1ccccc1Cl. The summed E-state index contributed by atoms with van der Waals surface area (Å²) in [4.78, 5) is 16.3. The predicted molar refractivity (Wildman–Crippen MR) is 110 cm³/mol. The Morgan fingerprint density at radius 1 is 1.14 bits per heavy atom. The zero-order valence-electron chi connectivity index (χ0n) is 15.4. The number of anilines is 1. The molecule has 0 saturated heterocycles. The number of pyridine rings is 1. The van der Waals surface area contributed by atoms with E-state index >= 15 is 0 Å². The molecule has 3 aromatic rings. The van der Waals surface area contributed by atoms with Gasteiger partial charge in [-0.15, -0.1) is 0 Å². The lowest BCUT2D eigenvalue weighted by Crippen LogP contribution is -2.28. The quantitative estimate of drug-likeness (QED) is 0.636. The van der Waals surface area contributed by atoms with Crippen LogP contribution in [0.25, 0.3) is 11.3 Å². The molecule has 0 aliphatic heterocycles. The van der Waals surface area contributed by atoms with Crippen LogP contribution in [0.1, 0.15) is 37.4 Å². The number of hydrogen-bond donors (Lipinski definition) is 2. The number of carbonyl (C=O) groups excluding carboxylic acids is 1. The number of nitrogens with zero attached hydrogens (tertiary/aromatic N) is 3. The van der Waals surface area contributed by atoms with E-state index in [2.05, 4.69) is 20.3 Å². The summed E-state index contributed by atoms with van der Waals surface area (Å²) in [6.07, 6.45) is 8.31. The van der Waals surface area contributed by atoms with Crippen LogP contribution in [0, 0.1) is 0 Å². The number of urea groups is 1. The van der Waals surface area contributed by atoms with Gasteiger partial charge in [-0.3, -0.25) is 9.67 Å². The topological polar surface area (TPSA) is 71.8 Å². The minimum Gasteiger partial charge on any atom is -0.332 e. The molecule has 28 heavy (non-hydrogen) atoms. The summed E-state index contributed by atoms with van der Waals surface area (Å²) in [6, 6.07) is 13.3. The van der Waals surface area contributed by atoms with Gasteiger partial charge < -0.3 is 10.6 Å². The van der Waals surface area contributed by atoms with E-state index in [9.17, 15) is 4.79 Å². The van der Waals surface area contributed by atoms with Gasteiger partial charge in [-0.05, 0) is 43.2 Å². The van der Waals surface area contributed by atoms with Gasteiger partial charge in [0.05, 0.1) is 34.7 Å². The molecular weight excluding hydrogens is 374 g/mol. The maximum atomic E-state index is 12.2. The molecule has 144 valence electrons. The first kappa shape index (κ1) is 18.5. The van der Waals surface area contributed by atoms with Crippen LogP contribution in [0.2, 0.25) is 5.02 Å². The number of hydrogen-bond acceptors (Lipinski definition) is 3. The molecule has 1 aromatic carbocycles.